The van der Waals surface area contributed by atoms with Gasteiger partial charge in [-0.05, 0) is 77.0 Å². The molecule has 2 heteroatoms. The molecule has 254 valence electrons. The van der Waals surface area contributed by atoms with Gasteiger partial charge in [-0.15, -0.1) is 0 Å². The van der Waals surface area contributed by atoms with Crippen molar-refractivity contribution in [1.82, 2.24) is 0 Å². The van der Waals surface area contributed by atoms with Crippen LogP contribution in [-0.4, -0.2) is 18.0 Å². The van der Waals surface area contributed by atoms with Crippen molar-refractivity contribution in [3.63, 3.8) is 0 Å². The second-order valence-electron chi connectivity index (χ2n) is 13.8. The molecule has 2 rings (SSSR count). The summed E-state index contributed by atoms with van der Waals surface area (Å²) in [6, 6.07) is 0. The van der Waals surface area contributed by atoms with E-state index in [0.717, 1.165) is 25.7 Å². The normalized spacial score (nSPS) is 20.5. The van der Waals surface area contributed by atoms with Gasteiger partial charge in [0.1, 0.15) is 0 Å². The predicted molar refractivity (Wildman–Crippen MR) is 194 cm³/mol. The van der Waals surface area contributed by atoms with E-state index in [4.69, 9.17) is 9.47 Å². The van der Waals surface area contributed by atoms with Crippen molar-refractivity contribution < 1.29 is 9.47 Å². The molecule has 1 saturated carbocycles. The highest BCUT2D eigenvalue weighted by Gasteiger charge is 2.46. The Bertz CT molecular complexity index is 685. The number of allylic oxidation sites excluding steroid dienone is 8. The van der Waals surface area contributed by atoms with Crippen molar-refractivity contribution in [3.8, 4) is 0 Å². The molecule has 0 radical (unpaired) electrons. The van der Waals surface area contributed by atoms with Crippen LogP contribution in [0.5, 0.6) is 0 Å². The highest BCUT2D eigenvalue weighted by atomic mass is 16.8. The van der Waals surface area contributed by atoms with E-state index in [9.17, 15) is 0 Å². The Labute approximate surface area is 275 Å². The molecule has 2 fully saturated rings. The lowest BCUT2D eigenvalue weighted by Gasteiger charge is -2.29. The Morgan fingerprint density at radius 3 is 1.20 bits per heavy atom. The molecule has 1 aliphatic heterocycles. The van der Waals surface area contributed by atoms with E-state index in [2.05, 4.69) is 62.5 Å². The Hall–Kier alpha value is -1.12. The lowest BCUT2D eigenvalue weighted by atomic mass is 9.98. The van der Waals surface area contributed by atoms with E-state index in [-0.39, 0.29) is 5.79 Å². The van der Waals surface area contributed by atoms with Crippen LogP contribution in [0.3, 0.4) is 0 Å². The van der Waals surface area contributed by atoms with Gasteiger partial charge >= 0.3 is 0 Å². The van der Waals surface area contributed by atoms with Gasteiger partial charge in [0.05, 0.1) is 12.2 Å². The maximum absolute atomic E-state index is 6.82. The first-order valence-electron chi connectivity index (χ1n) is 19.8. The Kier molecular flexibility index (Phi) is 25.0. The molecular formula is C42H74O2. The van der Waals surface area contributed by atoms with Crippen molar-refractivity contribution in [1.29, 1.82) is 0 Å². The first-order valence-corrected chi connectivity index (χ1v) is 19.8. The minimum absolute atomic E-state index is 0.280. The zero-order chi connectivity index (χ0) is 31.2. The van der Waals surface area contributed by atoms with Crippen LogP contribution < -0.4 is 0 Å². The summed E-state index contributed by atoms with van der Waals surface area (Å²) < 4.78 is 13.6. The largest absolute Gasteiger partial charge is 0.344 e. The van der Waals surface area contributed by atoms with Crippen molar-refractivity contribution >= 4 is 0 Å². The molecule has 0 amide bonds. The minimum Gasteiger partial charge on any atom is -0.344 e. The van der Waals surface area contributed by atoms with Gasteiger partial charge in [0, 0.05) is 12.8 Å². The van der Waals surface area contributed by atoms with Crippen LogP contribution in [0.4, 0.5) is 0 Å². The van der Waals surface area contributed by atoms with Crippen LogP contribution in [-0.2, 0) is 9.47 Å². The van der Waals surface area contributed by atoms with Crippen molar-refractivity contribution in [2.24, 2.45) is 0 Å². The maximum atomic E-state index is 6.82. The van der Waals surface area contributed by atoms with Crippen molar-refractivity contribution in [3.05, 3.63) is 48.6 Å². The molecule has 0 aromatic carbocycles. The Morgan fingerprint density at radius 2 is 0.795 bits per heavy atom. The zero-order valence-corrected chi connectivity index (χ0v) is 29.6. The monoisotopic (exact) mass is 611 g/mol. The van der Waals surface area contributed by atoms with Crippen LogP contribution in [0.15, 0.2) is 48.6 Å². The number of rotatable bonds is 28. The average Bonchev–Trinajstić information content (AvgIpc) is 3.23. The SMILES string of the molecule is CCCC/C=C\C/C=C\CCCCCCCCC1(CCCCCCCC/C=C\C/C=C\CCCC)O[C@@H]2CCCCC[C@H]2O1. The first-order chi connectivity index (χ1) is 21.8. The third kappa shape index (κ3) is 20.1. The van der Waals surface area contributed by atoms with Crippen molar-refractivity contribution in [2.45, 2.75) is 218 Å². The van der Waals surface area contributed by atoms with Gasteiger partial charge in [-0.3, -0.25) is 0 Å². The van der Waals surface area contributed by atoms with Crippen LogP contribution in [0.1, 0.15) is 200 Å². The summed E-state index contributed by atoms with van der Waals surface area (Å²) in [5.41, 5.74) is 0. The Balaban J connectivity index is 1.55. The molecule has 0 aromatic heterocycles. The quantitative estimate of drug-likeness (QED) is 0.0648. The van der Waals surface area contributed by atoms with Gasteiger partial charge in [0.2, 0.25) is 0 Å². The molecule has 2 atom stereocenters. The first kappa shape index (κ1) is 39.1. The third-order valence-corrected chi connectivity index (χ3v) is 9.64. The van der Waals surface area contributed by atoms with Crippen LogP contribution >= 0.6 is 0 Å². The van der Waals surface area contributed by atoms with Gasteiger partial charge in [-0.1, -0.05) is 159 Å². The molecule has 0 spiro atoms. The number of hydrogen-bond acceptors (Lipinski definition) is 2. The molecule has 44 heavy (non-hydrogen) atoms. The highest BCUT2D eigenvalue weighted by molar-refractivity contribution is 4.93. The summed E-state index contributed by atoms with van der Waals surface area (Å²) in [5.74, 6) is -0.280. The van der Waals surface area contributed by atoms with E-state index in [0.29, 0.717) is 12.2 Å². The van der Waals surface area contributed by atoms with Gasteiger partial charge in [-0.2, -0.15) is 0 Å². The minimum atomic E-state index is -0.280. The molecule has 2 nitrogen and oxygen atoms in total. The summed E-state index contributed by atoms with van der Waals surface area (Å²) in [6.07, 6.45) is 56.5. The predicted octanol–water partition coefficient (Wildman–Crippen LogP) is 14.1. The van der Waals surface area contributed by atoms with E-state index in [1.807, 2.05) is 0 Å². The maximum Gasteiger partial charge on any atom is 0.169 e. The second-order valence-corrected chi connectivity index (χ2v) is 13.8. The van der Waals surface area contributed by atoms with Gasteiger partial charge in [-0.25, -0.2) is 0 Å². The molecular weight excluding hydrogens is 536 g/mol. The molecule has 0 aromatic rings. The second kappa shape index (κ2) is 28.1. The summed E-state index contributed by atoms with van der Waals surface area (Å²) in [6.45, 7) is 4.52. The fourth-order valence-corrected chi connectivity index (χ4v) is 6.83. The smallest absolute Gasteiger partial charge is 0.169 e. The summed E-state index contributed by atoms with van der Waals surface area (Å²) in [7, 11) is 0. The standard InChI is InChI=1S/C42H74O2/c1-3-5-7-9-11-13-15-17-19-21-23-25-27-29-34-38-42(43-40-36-32-31-33-37-41(40)44-42)39-35-30-28-26-24-22-20-18-16-14-12-10-8-6-4-2/h9-12,15-18,40-41H,3-8,13-14,19-39H2,1-2H3/b11-9-,12-10-,17-15-,18-16-/t40-,41-/m1/s1. The molecule has 0 unspecified atom stereocenters. The molecule has 1 heterocycles. The summed E-state index contributed by atoms with van der Waals surface area (Å²) >= 11 is 0. The topological polar surface area (TPSA) is 18.5 Å². The molecule has 0 N–H and O–H groups in total. The summed E-state index contributed by atoms with van der Waals surface area (Å²) in [5, 5.41) is 0. The van der Waals surface area contributed by atoms with Gasteiger partial charge in [0.15, 0.2) is 5.79 Å². The van der Waals surface area contributed by atoms with Gasteiger partial charge < -0.3 is 9.47 Å². The highest BCUT2D eigenvalue weighted by Crippen LogP contribution is 2.42. The molecule has 1 aliphatic carbocycles. The number of fused-ring (bicyclic) bond motifs is 1. The number of unbranched alkanes of at least 4 members (excludes halogenated alkanes) is 16. The number of hydrogen-bond donors (Lipinski definition) is 0. The van der Waals surface area contributed by atoms with Crippen molar-refractivity contribution in [2.75, 3.05) is 0 Å². The van der Waals surface area contributed by atoms with Crippen LogP contribution in [0.25, 0.3) is 0 Å². The van der Waals surface area contributed by atoms with E-state index in [1.54, 1.807) is 0 Å². The molecule has 0 bridgehead atoms. The van der Waals surface area contributed by atoms with E-state index >= 15 is 0 Å². The lowest BCUT2D eigenvalue weighted by Crippen LogP contribution is -2.31. The van der Waals surface area contributed by atoms with Crippen LogP contribution in [0, 0.1) is 0 Å². The number of ether oxygens (including phenoxy) is 2. The van der Waals surface area contributed by atoms with E-state index < -0.39 is 0 Å². The van der Waals surface area contributed by atoms with Crippen LogP contribution in [0.2, 0.25) is 0 Å². The van der Waals surface area contributed by atoms with E-state index in [1.165, 1.54) is 161 Å². The Morgan fingerprint density at radius 1 is 0.432 bits per heavy atom. The fourth-order valence-electron chi connectivity index (χ4n) is 6.83. The lowest BCUT2D eigenvalue weighted by molar-refractivity contribution is -0.188. The fraction of sp³-hybridized carbons (Fsp3) is 0.810. The molecule has 1 saturated heterocycles. The summed E-state index contributed by atoms with van der Waals surface area (Å²) in [4.78, 5) is 0. The average molecular weight is 611 g/mol. The third-order valence-electron chi connectivity index (χ3n) is 9.64. The van der Waals surface area contributed by atoms with Gasteiger partial charge in [0.25, 0.3) is 0 Å². The molecule has 2 aliphatic rings. The zero-order valence-electron chi connectivity index (χ0n) is 29.6.